The molecule has 0 fully saturated rings. The van der Waals surface area contributed by atoms with E-state index in [1.807, 2.05) is 18.2 Å². The molecular formula is C19H20O4. The maximum atomic E-state index is 11.8. The summed E-state index contributed by atoms with van der Waals surface area (Å²) in [6, 6.07) is 14.1. The van der Waals surface area contributed by atoms with E-state index in [4.69, 9.17) is 9.47 Å². The predicted octanol–water partition coefficient (Wildman–Crippen LogP) is 4.00. The highest BCUT2D eigenvalue weighted by atomic mass is 16.6. The van der Waals surface area contributed by atoms with E-state index in [1.165, 1.54) is 6.92 Å². The fourth-order valence-corrected chi connectivity index (χ4v) is 2.02. The number of Topliss-reactive ketones (excluding diaryl/α,β-unsaturated/α-hetero) is 1. The molecule has 0 saturated carbocycles. The zero-order chi connectivity index (χ0) is 16.8. The summed E-state index contributed by atoms with van der Waals surface area (Å²) < 4.78 is 10.6. The largest absolute Gasteiger partial charge is 0.482 e. The van der Waals surface area contributed by atoms with Crippen LogP contribution in [0.5, 0.6) is 11.5 Å². The van der Waals surface area contributed by atoms with Crippen molar-refractivity contribution in [2.75, 3.05) is 6.61 Å². The fourth-order valence-electron chi connectivity index (χ4n) is 2.02. The van der Waals surface area contributed by atoms with Crippen molar-refractivity contribution in [2.45, 2.75) is 26.7 Å². The van der Waals surface area contributed by atoms with Crippen molar-refractivity contribution in [2.24, 2.45) is 0 Å². The first-order valence-corrected chi connectivity index (χ1v) is 7.50. The molecule has 0 N–H and O–H groups in total. The maximum absolute atomic E-state index is 11.8. The summed E-state index contributed by atoms with van der Waals surface area (Å²) in [6.07, 6.45) is 0. The minimum atomic E-state index is -0.490. The summed E-state index contributed by atoms with van der Waals surface area (Å²) in [5, 5.41) is 0. The molecule has 120 valence electrons. The lowest BCUT2D eigenvalue weighted by Gasteiger charge is -2.10. The van der Waals surface area contributed by atoms with Crippen molar-refractivity contribution in [3.05, 3.63) is 59.7 Å². The molecular weight excluding hydrogens is 292 g/mol. The van der Waals surface area contributed by atoms with Gasteiger partial charge in [0, 0.05) is 5.56 Å². The summed E-state index contributed by atoms with van der Waals surface area (Å²) in [4.78, 5) is 23.0. The van der Waals surface area contributed by atoms with Crippen LogP contribution in [0.15, 0.2) is 48.5 Å². The van der Waals surface area contributed by atoms with Gasteiger partial charge in [-0.25, -0.2) is 4.79 Å². The molecule has 0 amide bonds. The molecule has 0 spiro atoms. The average molecular weight is 312 g/mol. The van der Waals surface area contributed by atoms with Crippen LogP contribution in [0.4, 0.5) is 0 Å². The first-order valence-electron chi connectivity index (χ1n) is 7.50. The van der Waals surface area contributed by atoms with E-state index in [0.29, 0.717) is 23.0 Å². The number of hydrogen-bond acceptors (Lipinski definition) is 4. The monoisotopic (exact) mass is 312 g/mol. The molecule has 4 heteroatoms. The van der Waals surface area contributed by atoms with Crippen molar-refractivity contribution < 1.29 is 19.1 Å². The molecule has 0 aliphatic heterocycles. The van der Waals surface area contributed by atoms with E-state index in [9.17, 15) is 9.59 Å². The first kappa shape index (κ1) is 16.7. The van der Waals surface area contributed by atoms with Gasteiger partial charge in [0.15, 0.2) is 12.4 Å². The Labute approximate surface area is 136 Å². The minimum absolute atomic E-state index is 0.0313. The molecule has 0 heterocycles. The van der Waals surface area contributed by atoms with Crippen molar-refractivity contribution >= 4 is 11.8 Å². The van der Waals surface area contributed by atoms with Crippen LogP contribution in [0.2, 0.25) is 0 Å². The number of carbonyl (C=O) groups is 2. The quantitative estimate of drug-likeness (QED) is 0.459. The normalized spacial score (nSPS) is 10.4. The molecule has 0 atom stereocenters. The Balaban J connectivity index is 1.90. The number of benzene rings is 2. The van der Waals surface area contributed by atoms with E-state index in [0.717, 1.165) is 5.56 Å². The van der Waals surface area contributed by atoms with Gasteiger partial charge in [0.2, 0.25) is 0 Å². The van der Waals surface area contributed by atoms with E-state index >= 15 is 0 Å². The second-order valence-electron chi connectivity index (χ2n) is 5.57. The maximum Gasteiger partial charge on any atom is 0.349 e. The summed E-state index contributed by atoms with van der Waals surface area (Å²) in [5.41, 5.74) is 1.72. The standard InChI is InChI=1S/C19H20O4/c1-13(2)16-5-4-6-18(11-16)22-12-19(21)23-17-9-7-15(8-10-17)14(3)20/h4-11,13H,12H2,1-3H3. The lowest BCUT2D eigenvalue weighted by atomic mass is 10.0. The van der Waals surface area contributed by atoms with Crippen LogP contribution in [0.25, 0.3) is 0 Å². The van der Waals surface area contributed by atoms with Crippen LogP contribution in [0, 0.1) is 0 Å². The molecule has 0 bridgehead atoms. The van der Waals surface area contributed by atoms with Gasteiger partial charge in [-0.3, -0.25) is 4.79 Å². The third-order valence-corrected chi connectivity index (χ3v) is 3.37. The predicted molar refractivity (Wildman–Crippen MR) is 88.1 cm³/mol. The van der Waals surface area contributed by atoms with E-state index in [1.54, 1.807) is 30.3 Å². The van der Waals surface area contributed by atoms with E-state index < -0.39 is 5.97 Å². The molecule has 4 nitrogen and oxygen atoms in total. The zero-order valence-electron chi connectivity index (χ0n) is 13.5. The molecule has 2 aromatic rings. The lowest BCUT2D eigenvalue weighted by molar-refractivity contribution is -0.136. The topological polar surface area (TPSA) is 52.6 Å². The number of ether oxygens (including phenoxy) is 2. The third kappa shape index (κ3) is 4.95. The van der Waals surface area contributed by atoms with Gasteiger partial charge in [0.1, 0.15) is 11.5 Å². The second kappa shape index (κ2) is 7.58. The van der Waals surface area contributed by atoms with Gasteiger partial charge in [-0.05, 0) is 54.8 Å². The Morgan fingerprint density at radius 3 is 2.30 bits per heavy atom. The first-order chi connectivity index (χ1) is 11.0. The molecule has 2 rings (SSSR count). The Bertz CT molecular complexity index is 687. The molecule has 0 aliphatic rings. The van der Waals surface area contributed by atoms with Crippen LogP contribution in [0.1, 0.15) is 42.6 Å². The van der Waals surface area contributed by atoms with Gasteiger partial charge in [0.25, 0.3) is 0 Å². The van der Waals surface area contributed by atoms with Crippen molar-refractivity contribution in [1.29, 1.82) is 0 Å². The van der Waals surface area contributed by atoms with Gasteiger partial charge < -0.3 is 9.47 Å². The summed E-state index contributed by atoms with van der Waals surface area (Å²) in [6.45, 7) is 5.51. The summed E-state index contributed by atoms with van der Waals surface area (Å²) in [7, 11) is 0. The second-order valence-corrected chi connectivity index (χ2v) is 5.57. The Morgan fingerprint density at radius 2 is 1.70 bits per heavy atom. The van der Waals surface area contributed by atoms with Crippen LogP contribution in [0.3, 0.4) is 0 Å². The summed E-state index contributed by atoms with van der Waals surface area (Å²) in [5.74, 6) is 0.900. The highest BCUT2D eigenvalue weighted by Crippen LogP contribution is 2.20. The average Bonchev–Trinajstić information content (AvgIpc) is 2.53. The van der Waals surface area contributed by atoms with Gasteiger partial charge in [-0.1, -0.05) is 26.0 Å². The van der Waals surface area contributed by atoms with Crippen LogP contribution < -0.4 is 9.47 Å². The van der Waals surface area contributed by atoms with Gasteiger partial charge in [-0.15, -0.1) is 0 Å². The molecule has 0 unspecified atom stereocenters. The number of esters is 1. The zero-order valence-corrected chi connectivity index (χ0v) is 13.5. The van der Waals surface area contributed by atoms with E-state index in [2.05, 4.69) is 13.8 Å². The van der Waals surface area contributed by atoms with Gasteiger partial charge >= 0.3 is 5.97 Å². The van der Waals surface area contributed by atoms with Crippen LogP contribution in [-0.4, -0.2) is 18.4 Å². The Kier molecular flexibility index (Phi) is 5.52. The molecule has 0 radical (unpaired) electrons. The van der Waals surface area contributed by atoms with E-state index in [-0.39, 0.29) is 12.4 Å². The van der Waals surface area contributed by atoms with Crippen molar-refractivity contribution in [3.63, 3.8) is 0 Å². The third-order valence-electron chi connectivity index (χ3n) is 3.37. The molecule has 0 saturated heterocycles. The molecule has 0 aliphatic carbocycles. The van der Waals surface area contributed by atoms with Gasteiger partial charge in [0.05, 0.1) is 0 Å². The molecule has 23 heavy (non-hydrogen) atoms. The Morgan fingerprint density at radius 1 is 1.00 bits per heavy atom. The summed E-state index contributed by atoms with van der Waals surface area (Å²) >= 11 is 0. The number of ketones is 1. The molecule has 2 aromatic carbocycles. The lowest BCUT2D eigenvalue weighted by Crippen LogP contribution is -2.17. The minimum Gasteiger partial charge on any atom is -0.482 e. The number of carbonyl (C=O) groups excluding carboxylic acids is 2. The molecule has 0 aromatic heterocycles. The number of hydrogen-bond donors (Lipinski definition) is 0. The SMILES string of the molecule is CC(=O)c1ccc(OC(=O)COc2cccc(C(C)C)c2)cc1. The Hall–Kier alpha value is -2.62. The highest BCUT2D eigenvalue weighted by molar-refractivity contribution is 5.94. The van der Waals surface area contributed by atoms with Gasteiger partial charge in [-0.2, -0.15) is 0 Å². The smallest absolute Gasteiger partial charge is 0.349 e. The van der Waals surface area contributed by atoms with Crippen molar-refractivity contribution in [3.8, 4) is 11.5 Å². The highest BCUT2D eigenvalue weighted by Gasteiger charge is 2.08. The van der Waals surface area contributed by atoms with Crippen LogP contribution in [-0.2, 0) is 4.79 Å². The van der Waals surface area contributed by atoms with Crippen LogP contribution >= 0.6 is 0 Å². The van der Waals surface area contributed by atoms with Crippen molar-refractivity contribution in [1.82, 2.24) is 0 Å². The fraction of sp³-hybridized carbons (Fsp3) is 0.263. The number of rotatable bonds is 6.